The van der Waals surface area contributed by atoms with Crippen LogP contribution >= 0.6 is 0 Å². The van der Waals surface area contributed by atoms with E-state index in [9.17, 15) is 9.59 Å². The lowest BCUT2D eigenvalue weighted by Gasteiger charge is -2.23. The molecule has 0 aromatic rings. The monoisotopic (exact) mass is 235 g/mol. The molecule has 0 heterocycles. The molecule has 0 aliphatic heterocycles. The molecule has 0 aliphatic rings. The molecule has 0 bridgehead atoms. The summed E-state index contributed by atoms with van der Waals surface area (Å²) < 4.78 is 4.83. The molecule has 7 nitrogen and oxygen atoms in total. The van der Waals surface area contributed by atoms with Crippen molar-refractivity contribution in [2.75, 3.05) is 6.61 Å². The molecule has 0 unspecified atom stereocenters. The summed E-state index contributed by atoms with van der Waals surface area (Å²) in [6.07, 6.45) is -2.77. The molecule has 0 aliphatic carbocycles. The average Bonchev–Trinajstić information content (AvgIpc) is 2.09. The van der Waals surface area contributed by atoms with Crippen LogP contribution in [-0.4, -0.2) is 51.7 Å². The van der Waals surface area contributed by atoms with Gasteiger partial charge in [-0.05, 0) is 20.8 Å². The first-order chi connectivity index (χ1) is 7.17. The van der Waals surface area contributed by atoms with Gasteiger partial charge in [0, 0.05) is 0 Å². The molecule has 16 heavy (non-hydrogen) atoms. The van der Waals surface area contributed by atoms with Gasteiger partial charge in [-0.2, -0.15) is 0 Å². The lowest BCUT2D eigenvalue weighted by molar-refractivity contribution is -0.148. The summed E-state index contributed by atoms with van der Waals surface area (Å²) in [4.78, 5) is 21.6. The highest BCUT2D eigenvalue weighted by atomic mass is 16.6. The van der Waals surface area contributed by atoms with Crippen LogP contribution in [0.5, 0.6) is 0 Å². The summed E-state index contributed by atoms with van der Waals surface area (Å²) >= 11 is 0. The summed E-state index contributed by atoms with van der Waals surface area (Å²) in [5, 5.41) is 28.4. The van der Waals surface area contributed by atoms with E-state index in [-0.39, 0.29) is 0 Å². The number of carboxylic acids is 1. The molecule has 0 saturated carbocycles. The minimum Gasteiger partial charge on any atom is -0.479 e. The van der Waals surface area contributed by atoms with Crippen molar-refractivity contribution in [1.82, 2.24) is 5.32 Å². The fourth-order valence-corrected chi connectivity index (χ4v) is 0.855. The molecule has 0 aromatic carbocycles. The van der Waals surface area contributed by atoms with Crippen molar-refractivity contribution in [2.45, 2.75) is 38.5 Å². The Labute approximate surface area is 93.0 Å². The Morgan fingerprint density at radius 1 is 1.38 bits per heavy atom. The number of amides is 1. The van der Waals surface area contributed by atoms with Gasteiger partial charge in [0.15, 0.2) is 6.10 Å². The second-order valence-corrected chi connectivity index (χ2v) is 4.22. The van der Waals surface area contributed by atoms with Crippen molar-refractivity contribution in [3.05, 3.63) is 0 Å². The number of hydrogen-bond acceptors (Lipinski definition) is 5. The van der Waals surface area contributed by atoms with Gasteiger partial charge in [0.05, 0.1) is 12.6 Å². The van der Waals surface area contributed by atoms with Crippen LogP contribution in [0.4, 0.5) is 4.79 Å². The molecule has 94 valence electrons. The van der Waals surface area contributed by atoms with Crippen LogP contribution < -0.4 is 5.32 Å². The quantitative estimate of drug-likeness (QED) is 0.513. The number of ether oxygens (including phenoxy) is 1. The number of carbonyl (C=O) groups is 2. The first-order valence-corrected chi connectivity index (χ1v) is 4.68. The van der Waals surface area contributed by atoms with Crippen LogP contribution in [0.25, 0.3) is 0 Å². The van der Waals surface area contributed by atoms with Crippen LogP contribution in [0, 0.1) is 0 Å². The number of rotatable bonds is 4. The third kappa shape index (κ3) is 5.52. The number of aliphatic hydroxyl groups is 2. The van der Waals surface area contributed by atoms with Crippen LogP contribution in [-0.2, 0) is 9.53 Å². The average molecular weight is 235 g/mol. The van der Waals surface area contributed by atoms with Crippen molar-refractivity contribution >= 4 is 12.1 Å². The van der Waals surface area contributed by atoms with Crippen LogP contribution in [0.1, 0.15) is 20.8 Å². The predicted octanol–water partition coefficient (Wildman–Crippen LogP) is -0.682. The zero-order valence-electron chi connectivity index (χ0n) is 9.43. The lowest BCUT2D eigenvalue weighted by atomic mass is 10.2. The second-order valence-electron chi connectivity index (χ2n) is 4.22. The van der Waals surface area contributed by atoms with E-state index in [4.69, 9.17) is 20.1 Å². The predicted molar refractivity (Wildman–Crippen MR) is 53.9 cm³/mol. The SMILES string of the molecule is CC(C)(C)OC(=O)N[C@H](CO)[C@H](O)C(=O)O. The number of carboxylic acid groups (broad SMARTS) is 1. The Balaban J connectivity index is 4.33. The van der Waals surface area contributed by atoms with E-state index in [1.54, 1.807) is 20.8 Å². The van der Waals surface area contributed by atoms with Gasteiger partial charge in [0.1, 0.15) is 5.60 Å². The number of alkyl carbamates (subject to hydrolysis) is 1. The minimum absolute atomic E-state index is 0.702. The summed E-state index contributed by atoms with van der Waals surface area (Å²) in [6.45, 7) is 4.20. The Morgan fingerprint density at radius 3 is 2.19 bits per heavy atom. The molecule has 0 rings (SSSR count). The molecule has 1 amide bonds. The number of aliphatic hydroxyl groups excluding tert-OH is 2. The number of hydrogen-bond donors (Lipinski definition) is 4. The number of nitrogens with one attached hydrogen (secondary N) is 1. The summed E-state index contributed by atoms with van der Waals surface area (Å²) in [6, 6.07) is -1.30. The van der Waals surface area contributed by atoms with E-state index in [2.05, 4.69) is 5.32 Å². The smallest absolute Gasteiger partial charge is 0.408 e. The Kier molecular flexibility index (Phi) is 5.19. The fourth-order valence-electron chi connectivity index (χ4n) is 0.855. The third-order valence-corrected chi connectivity index (χ3v) is 1.53. The summed E-state index contributed by atoms with van der Waals surface area (Å²) in [5.74, 6) is -1.53. The van der Waals surface area contributed by atoms with Crippen molar-refractivity contribution in [2.24, 2.45) is 0 Å². The molecule has 0 saturated heterocycles. The van der Waals surface area contributed by atoms with Crippen molar-refractivity contribution < 1.29 is 29.6 Å². The minimum atomic E-state index is -1.88. The maximum Gasteiger partial charge on any atom is 0.408 e. The molecular formula is C9H17NO6. The Bertz CT molecular complexity index is 259. The largest absolute Gasteiger partial charge is 0.479 e. The van der Waals surface area contributed by atoms with E-state index >= 15 is 0 Å². The third-order valence-electron chi connectivity index (χ3n) is 1.53. The molecule has 2 atom stereocenters. The van der Waals surface area contributed by atoms with Crippen molar-refractivity contribution in [3.63, 3.8) is 0 Å². The molecule has 0 radical (unpaired) electrons. The first-order valence-electron chi connectivity index (χ1n) is 4.68. The normalized spacial score (nSPS) is 15.1. The van der Waals surface area contributed by atoms with E-state index in [1.807, 2.05) is 0 Å². The van der Waals surface area contributed by atoms with Crippen LogP contribution in [0.3, 0.4) is 0 Å². The van der Waals surface area contributed by atoms with Gasteiger partial charge in [-0.15, -0.1) is 0 Å². The lowest BCUT2D eigenvalue weighted by Crippen LogP contribution is -2.50. The highest BCUT2D eigenvalue weighted by molar-refractivity contribution is 5.75. The molecular weight excluding hydrogens is 218 g/mol. The summed E-state index contributed by atoms with van der Waals surface area (Å²) in [7, 11) is 0. The van der Waals surface area contributed by atoms with Crippen molar-refractivity contribution in [1.29, 1.82) is 0 Å². The van der Waals surface area contributed by atoms with Gasteiger partial charge in [-0.1, -0.05) is 0 Å². The van der Waals surface area contributed by atoms with Gasteiger partial charge in [0.2, 0.25) is 0 Å². The molecule has 7 heteroatoms. The van der Waals surface area contributed by atoms with E-state index in [1.165, 1.54) is 0 Å². The molecule has 4 N–H and O–H groups in total. The van der Waals surface area contributed by atoms with Gasteiger partial charge in [-0.3, -0.25) is 0 Å². The standard InChI is InChI=1S/C9H17NO6/c1-9(2,3)16-8(15)10-5(4-11)6(12)7(13)14/h5-6,11-12H,4H2,1-3H3,(H,10,15)(H,13,14)/t5-,6+/m1/s1. The molecule has 0 fully saturated rings. The van der Waals surface area contributed by atoms with Crippen LogP contribution in [0.15, 0.2) is 0 Å². The van der Waals surface area contributed by atoms with Gasteiger partial charge in [0.25, 0.3) is 0 Å². The summed E-state index contributed by atoms with van der Waals surface area (Å²) in [5.41, 5.74) is -0.738. The highest BCUT2D eigenvalue weighted by Gasteiger charge is 2.28. The maximum atomic E-state index is 11.2. The van der Waals surface area contributed by atoms with Crippen molar-refractivity contribution in [3.8, 4) is 0 Å². The van der Waals surface area contributed by atoms with E-state index < -0.39 is 36.4 Å². The molecule has 0 aromatic heterocycles. The Morgan fingerprint density at radius 2 is 1.88 bits per heavy atom. The van der Waals surface area contributed by atoms with Gasteiger partial charge >= 0.3 is 12.1 Å². The van der Waals surface area contributed by atoms with Gasteiger partial charge in [-0.25, -0.2) is 9.59 Å². The maximum absolute atomic E-state index is 11.2. The van der Waals surface area contributed by atoms with Crippen LogP contribution in [0.2, 0.25) is 0 Å². The zero-order chi connectivity index (χ0) is 12.9. The van der Waals surface area contributed by atoms with E-state index in [0.717, 1.165) is 0 Å². The number of aliphatic carboxylic acids is 1. The molecule has 0 spiro atoms. The highest BCUT2D eigenvalue weighted by Crippen LogP contribution is 2.07. The zero-order valence-corrected chi connectivity index (χ0v) is 9.43. The second kappa shape index (κ2) is 5.66. The fraction of sp³-hybridized carbons (Fsp3) is 0.778. The van der Waals surface area contributed by atoms with E-state index in [0.29, 0.717) is 0 Å². The number of carbonyl (C=O) groups excluding carboxylic acids is 1. The van der Waals surface area contributed by atoms with Gasteiger partial charge < -0.3 is 25.4 Å². The topological polar surface area (TPSA) is 116 Å². The Hall–Kier alpha value is -1.34. The first kappa shape index (κ1) is 14.7.